The summed E-state index contributed by atoms with van der Waals surface area (Å²) in [4.78, 5) is 24.1. The van der Waals surface area contributed by atoms with Crippen molar-refractivity contribution in [2.24, 2.45) is 11.8 Å². The minimum absolute atomic E-state index is 0.0268. The molecule has 1 aliphatic rings. The zero-order chi connectivity index (χ0) is 12.8. The Morgan fingerprint density at radius 3 is 2.76 bits per heavy atom. The summed E-state index contributed by atoms with van der Waals surface area (Å²) >= 11 is 0. The summed E-state index contributed by atoms with van der Waals surface area (Å²) in [7, 11) is 0. The summed E-state index contributed by atoms with van der Waals surface area (Å²) in [6.07, 6.45) is 2.28. The topological polar surface area (TPSA) is 69.6 Å². The molecule has 1 heterocycles. The minimum Gasteiger partial charge on any atom is -0.481 e. The first kappa shape index (κ1) is 13.8. The van der Waals surface area contributed by atoms with Gasteiger partial charge < -0.3 is 15.3 Å². The highest BCUT2D eigenvalue weighted by Crippen LogP contribution is 2.18. The Bertz CT molecular complexity index is 281. The lowest BCUT2D eigenvalue weighted by atomic mass is 10.1. The van der Waals surface area contributed by atoms with Crippen LogP contribution in [0, 0.1) is 11.8 Å². The lowest BCUT2D eigenvalue weighted by molar-refractivity contribution is -0.137. The van der Waals surface area contributed by atoms with Gasteiger partial charge in [-0.3, -0.25) is 4.79 Å². The van der Waals surface area contributed by atoms with Gasteiger partial charge in [-0.15, -0.1) is 0 Å². The van der Waals surface area contributed by atoms with E-state index < -0.39 is 5.97 Å². The highest BCUT2D eigenvalue weighted by molar-refractivity contribution is 5.74. The molecule has 1 rings (SSSR count). The first-order chi connectivity index (χ1) is 8.02. The summed E-state index contributed by atoms with van der Waals surface area (Å²) in [6.45, 7) is 6.04. The maximum atomic E-state index is 11.8. The highest BCUT2D eigenvalue weighted by Gasteiger charge is 2.24. The quantitative estimate of drug-likeness (QED) is 0.768. The number of aliphatic carboxylic acids is 1. The average Bonchev–Trinajstić information content (AvgIpc) is 2.73. The number of carbonyl (C=O) groups excluding carboxylic acids is 1. The van der Waals surface area contributed by atoms with Crippen LogP contribution in [-0.2, 0) is 4.79 Å². The first-order valence-electron chi connectivity index (χ1n) is 6.27. The maximum absolute atomic E-state index is 11.8. The predicted molar refractivity (Wildman–Crippen MR) is 64.8 cm³/mol. The van der Waals surface area contributed by atoms with Crippen LogP contribution in [0.15, 0.2) is 0 Å². The van der Waals surface area contributed by atoms with Crippen LogP contribution in [0.5, 0.6) is 0 Å². The van der Waals surface area contributed by atoms with Crippen molar-refractivity contribution in [1.29, 1.82) is 0 Å². The van der Waals surface area contributed by atoms with Crippen LogP contribution >= 0.6 is 0 Å². The lowest BCUT2D eigenvalue weighted by Gasteiger charge is -2.18. The molecule has 2 unspecified atom stereocenters. The third kappa shape index (κ3) is 4.63. The van der Waals surface area contributed by atoms with Crippen LogP contribution < -0.4 is 5.32 Å². The van der Waals surface area contributed by atoms with Gasteiger partial charge in [0.2, 0.25) is 0 Å². The molecule has 0 aliphatic carbocycles. The number of carboxylic acid groups (broad SMARTS) is 1. The van der Waals surface area contributed by atoms with Crippen molar-refractivity contribution < 1.29 is 14.7 Å². The first-order valence-corrected chi connectivity index (χ1v) is 6.27. The van der Waals surface area contributed by atoms with E-state index in [1.165, 1.54) is 0 Å². The number of rotatable bonds is 5. The number of carboxylic acids is 1. The fourth-order valence-corrected chi connectivity index (χ4v) is 2.09. The molecule has 2 amide bonds. The number of amides is 2. The zero-order valence-corrected chi connectivity index (χ0v) is 10.6. The Balaban J connectivity index is 2.23. The largest absolute Gasteiger partial charge is 0.481 e. The number of nitrogens with one attached hydrogen (secondary N) is 1. The number of hydrogen-bond acceptors (Lipinski definition) is 2. The Kier molecular flexibility index (Phi) is 5.25. The third-order valence-corrected chi connectivity index (χ3v) is 3.28. The highest BCUT2D eigenvalue weighted by atomic mass is 16.4. The van der Waals surface area contributed by atoms with Crippen molar-refractivity contribution in [2.45, 2.75) is 33.1 Å². The Morgan fingerprint density at radius 2 is 2.24 bits per heavy atom. The SMILES string of the molecule is CCC1CCN(C(=O)NCC(C)CC(=O)O)C1. The lowest BCUT2D eigenvalue weighted by Crippen LogP contribution is -2.40. The predicted octanol–water partition coefficient (Wildman–Crippen LogP) is 1.54. The fourth-order valence-electron chi connectivity index (χ4n) is 2.09. The van der Waals surface area contributed by atoms with Crippen LogP contribution in [0.25, 0.3) is 0 Å². The molecule has 0 aromatic rings. The van der Waals surface area contributed by atoms with E-state index in [4.69, 9.17) is 5.11 Å². The molecular weight excluding hydrogens is 220 g/mol. The van der Waals surface area contributed by atoms with Gasteiger partial charge in [0.1, 0.15) is 0 Å². The number of carbonyl (C=O) groups is 2. The number of nitrogens with zero attached hydrogens (tertiary/aromatic N) is 1. The normalized spacial score (nSPS) is 21.3. The average molecular weight is 242 g/mol. The molecule has 98 valence electrons. The van der Waals surface area contributed by atoms with E-state index in [0.717, 1.165) is 25.9 Å². The van der Waals surface area contributed by atoms with Gasteiger partial charge in [-0.2, -0.15) is 0 Å². The molecule has 0 bridgehead atoms. The molecule has 0 saturated carbocycles. The monoisotopic (exact) mass is 242 g/mol. The van der Waals surface area contributed by atoms with E-state index in [1.54, 1.807) is 0 Å². The molecule has 0 radical (unpaired) electrons. The Hall–Kier alpha value is -1.26. The number of urea groups is 1. The van der Waals surface area contributed by atoms with Crippen molar-refractivity contribution in [3.8, 4) is 0 Å². The molecule has 17 heavy (non-hydrogen) atoms. The van der Waals surface area contributed by atoms with E-state index in [1.807, 2.05) is 11.8 Å². The van der Waals surface area contributed by atoms with Crippen molar-refractivity contribution in [3.05, 3.63) is 0 Å². The summed E-state index contributed by atoms with van der Waals surface area (Å²) in [5, 5.41) is 11.4. The summed E-state index contributed by atoms with van der Waals surface area (Å²) in [6, 6.07) is -0.0572. The molecule has 0 spiro atoms. The fraction of sp³-hybridized carbons (Fsp3) is 0.833. The molecule has 0 aromatic heterocycles. The molecular formula is C12H22N2O3. The van der Waals surface area contributed by atoms with E-state index in [9.17, 15) is 9.59 Å². The molecule has 1 aliphatic heterocycles. The van der Waals surface area contributed by atoms with E-state index in [-0.39, 0.29) is 18.4 Å². The standard InChI is InChI=1S/C12H22N2O3/c1-3-10-4-5-14(8-10)12(17)13-7-9(2)6-11(15)16/h9-10H,3-8H2,1-2H3,(H,13,17)(H,15,16). The van der Waals surface area contributed by atoms with E-state index >= 15 is 0 Å². The Morgan fingerprint density at radius 1 is 1.53 bits per heavy atom. The van der Waals surface area contributed by atoms with Crippen LogP contribution in [0.4, 0.5) is 4.79 Å². The molecule has 1 fully saturated rings. The van der Waals surface area contributed by atoms with Gasteiger partial charge in [0, 0.05) is 26.1 Å². The second-order valence-corrected chi connectivity index (χ2v) is 4.90. The van der Waals surface area contributed by atoms with E-state index in [0.29, 0.717) is 12.5 Å². The van der Waals surface area contributed by atoms with Crippen LogP contribution in [0.2, 0.25) is 0 Å². The molecule has 2 atom stereocenters. The van der Waals surface area contributed by atoms with Crippen LogP contribution in [0.3, 0.4) is 0 Å². The van der Waals surface area contributed by atoms with Crippen molar-refractivity contribution in [1.82, 2.24) is 10.2 Å². The second-order valence-electron chi connectivity index (χ2n) is 4.90. The minimum atomic E-state index is -0.820. The molecule has 1 saturated heterocycles. The van der Waals surface area contributed by atoms with Crippen LogP contribution in [-0.4, -0.2) is 41.6 Å². The van der Waals surface area contributed by atoms with Gasteiger partial charge >= 0.3 is 12.0 Å². The Labute approximate surface area is 102 Å². The van der Waals surface area contributed by atoms with Crippen LogP contribution in [0.1, 0.15) is 33.1 Å². The van der Waals surface area contributed by atoms with Crippen molar-refractivity contribution in [2.75, 3.05) is 19.6 Å². The van der Waals surface area contributed by atoms with E-state index in [2.05, 4.69) is 12.2 Å². The van der Waals surface area contributed by atoms with Gasteiger partial charge in [-0.1, -0.05) is 20.3 Å². The zero-order valence-electron chi connectivity index (χ0n) is 10.6. The molecule has 5 heteroatoms. The molecule has 0 aromatic carbocycles. The molecule has 5 nitrogen and oxygen atoms in total. The van der Waals surface area contributed by atoms with Gasteiger partial charge in [0.05, 0.1) is 0 Å². The van der Waals surface area contributed by atoms with Crippen molar-refractivity contribution in [3.63, 3.8) is 0 Å². The number of hydrogen-bond donors (Lipinski definition) is 2. The third-order valence-electron chi connectivity index (χ3n) is 3.28. The summed E-state index contributed by atoms with van der Waals surface area (Å²) in [5.74, 6) is -0.225. The molecule has 2 N–H and O–H groups in total. The van der Waals surface area contributed by atoms with Gasteiger partial charge in [-0.25, -0.2) is 4.79 Å². The van der Waals surface area contributed by atoms with Gasteiger partial charge in [-0.05, 0) is 18.3 Å². The van der Waals surface area contributed by atoms with Crippen molar-refractivity contribution >= 4 is 12.0 Å². The smallest absolute Gasteiger partial charge is 0.317 e. The summed E-state index contributed by atoms with van der Waals surface area (Å²) in [5.41, 5.74) is 0. The summed E-state index contributed by atoms with van der Waals surface area (Å²) < 4.78 is 0. The maximum Gasteiger partial charge on any atom is 0.317 e. The van der Waals surface area contributed by atoms with Gasteiger partial charge in [0.15, 0.2) is 0 Å². The second kappa shape index (κ2) is 6.47. The number of likely N-dealkylation sites (tertiary alicyclic amines) is 1. The van der Waals surface area contributed by atoms with Gasteiger partial charge in [0.25, 0.3) is 0 Å².